The lowest BCUT2D eigenvalue weighted by Crippen LogP contribution is -2.34. The summed E-state index contributed by atoms with van der Waals surface area (Å²) in [6.07, 6.45) is 2.01. The van der Waals surface area contributed by atoms with Gasteiger partial charge in [-0.1, -0.05) is 12.1 Å². The van der Waals surface area contributed by atoms with E-state index in [4.69, 9.17) is 5.11 Å². The summed E-state index contributed by atoms with van der Waals surface area (Å²) in [6, 6.07) is 6.57. The first-order chi connectivity index (χ1) is 9.47. The number of aliphatic carboxylic acids is 1. The molecule has 0 amide bonds. The number of rotatable bonds is 7. The first kappa shape index (κ1) is 14.7. The van der Waals surface area contributed by atoms with E-state index in [1.807, 2.05) is 11.8 Å². The van der Waals surface area contributed by atoms with Gasteiger partial charge in [-0.25, -0.2) is 0 Å². The van der Waals surface area contributed by atoms with Crippen molar-refractivity contribution < 1.29 is 23.4 Å². The minimum atomic E-state index is -2.84. The smallest absolute Gasteiger partial charge is 0.387 e. The predicted octanol–water partition coefficient (Wildman–Crippen LogP) is 2.90. The van der Waals surface area contributed by atoms with Crippen molar-refractivity contribution in [2.45, 2.75) is 38.5 Å². The van der Waals surface area contributed by atoms with Crippen LogP contribution in [0, 0.1) is 0 Å². The van der Waals surface area contributed by atoms with Crippen LogP contribution in [0.2, 0.25) is 0 Å². The summed E-state index contributed by atoms with van der Waals surface area (Å²) >= 11 is 0. The largest absolute Gasteiger partial charge is 0.480 e. The topological polar surface area (TPSA) is 49.8 Å². The minimum absolute atomic E-state index is 0.0128. The van der Waals surface area contributed by atoms with Crippen LogP contribution < -0.4 is 4.74 Å². The van der Waals surface area contributed by atoms with Crippen molar-refractivity contribution >= 4 is 5.97 Å². The zero-order chi connectivity index (χ0) is 14.7. The molecule has 1 unspecified atom stereocenters. The summed E-state index contributed by atoms with van der Waals surface area (Å²) in [7, 11) is 0. The standard InChI is InChI=1S/C14H17F2NO3/c1-9(17(8-13(18)19)11-4-5-11)10-2-6-12(7-3-10)20-14(15)16/h2-3,6-7,9,11,14H,4-5,8H2,1H3,(H,18,19). The summed E-state index contributed by atoms with van der Waals surface area (Å²) in [6.45, 7) is -0.931. The number of ether oxygens (including phenoxy) is 1. The SMILES string of the molecule is CC(c1ccc(OC(F)F)cc1)N(CC(=O)O)C1CC1. The summed E-state index contributed by atoms with van der Waals surface area (Å²) < 4.78 is 28.4. The first-order valence-corrected chi connectivity index (χ1v) is 6.49. The van der Waals surface area contributed by atoms with Crippen LogP contribution in [0.5, 0.6) is 5.75 Å². The molecule has 0 aromatic heterocycles. The Labute approximate surface area is 116 Å². The highest BCUT2D eigenvalue weighted by Gasteiger charge is 2.33. The van der Waals surface area contributed by atoms with Gasteiger partial charge in [-0.2, -0.15) is 8.78 Å². The molecule has 0 radical (unpaired) electrons. The second-order valence-electron chi connectivity index (χ2n) is 4.92. The highest BCUT2D eigenvalue weighted by molar-refractivity contribution is 5.69. The van der Waals surface area contributed by atoms with Gasteiger partial charge >= 0.3 is 12.6 Å². The van der Waals surface area contributed by atoms with Crippen LogP contribution >= 0.6 is 0 Å². The monoisotopic (exact) mass is 285 g/mol. The third-order valence-corrected chi connectivity index (χ3v) is 3.42. The lowest BCUT2D eigenvalue weighted by atomic mass is 10.1. The molecule has 1 atom stereocenters. The van der Waals surface area contributed by atoms with E-state index < -0.39 is 12.6 Å². The molecular formula is C14H17F2NO3. The number of carboxylic acids is 1. The molecule has 1 fully saturated rings. The third kappa shape index (κ3) is 3.90. The van der Waals surface area contributed by atoms with Gasteiger partial charge in [0.2, 0.25) is 0 Å². The number of nitrogens with zero attached hydrogens (tertiary/aromatic N) is 1. The fourth-order valence-corrected chi connectivity index (χ4v) is 2.26. The normalized spacial score (nSPS) is 16.4. The van der Waals surface area contributed by atoms with Gasteiger partial charge in [0, 0.05) is 12.1 Å². The van der Waals surface area contributed by atoms with E-state index in [0.29, 0.717) is 6.04 Å². The summed E-state index contributed by atoms with van der Waals surface area (Å²) in [5.41, 5.74) is 0.889. The van der Waals surface area contributed by atoms with E-state index in [-0.39, 0.29) is 18.3 Å². The van der Waals surface area contributed by atoms with Crippen LogP contribution in [0.3, 0.4) is 0 Å². The van der Waals surface area contributed by atoms with Crippen molar-refractivity contribution in [3.63, 3.8) is 0 Å². The van der Waals surface area contributed by atoms with Gasteiger partial charge in [-0.05, 0) is 37.5 Å². The predicted molar refractivity (Wildman–Crippen MR) is 68.9 cm³/mol. The van der Waals surface area contributed by atoms with Crippen molar-refractivity contribution in [2.24, 2.45) is 0 Å². The maximum atomic E-state index is 12.1. The molecule has 1 N–H and O–H groups in total. The summed E-state index contributed by atoms with van der Waals surface area (Å²) in [5, 5.41) is 8.95. The van der Waals surface area contributed by atoms with Crippen molar-refractivity contribution in [3.05, 3.63) is 29.8 Å². The zero-order valence-electron chi connectivity index (χ0n) is 11.1. The number of halogens is 2. The lowest BCUT2D eigenvalue weighted by Gasteiger charge is -2.27. The third-order valence-electron chi connectivity index (χ3n) is 3.42. The molecule has 0 spiro atoms. The van der Waals surface area contributed by atoms with E-state index in [2.05, 4.69) is 4.74 Å². The summed E-state index contributed by atoms with van der Waals surface area (Å²) in [5.74, 6) is -0.756. The average molecular weight is 285 g/mol. The second kappa shape index (κ2) is 6.17. The van der Waals surface area contributed by atoms with Crippen molar-refractivity contribution in [3.8, 4) is 5.75 Å². The molecule has 0 aliphatic heterocycles. The number of hydrogen-bond acceptors (Lipinski definition) is 3. The molecule has 6 heteroatoms. The molecule has 1 aliphatic rings. The Morgan fingerprint density at radius 2 is 2.00 bits per heavy atom. The highest BCUT2D eigenvalue weighted by Crippen LogP contribution is 2.34. The molecular weight excluding hydrogens is 268 g/mol. The van der Waals surface area contributed by atoms with Gasteiger partial charge in [0.15, 0.2) is 0 Å². The fourth-order valence-electron chi connectivity index (χ4n) is 2.26. The van der Waals surface area contributed by atoms with Crippen molar-refractivity contribution in [1.29, 1.82) is 0 Å². The highest BCUT2D eigenvalue weighted by atomic mass is 19.3. The minimum Gasteiger partial charge on any atom is -0.480 e. The molecule has 1 saturated carbocycles. The maximum Gasteiger partial charge on any atom is 0.387 e. The molecule has 1 aliphatic carbocycles. The number of carbonyl (C=O) groups is 1. The molecule has 110 valence electrons. The van der Waals surface area contributed by atoms with Crippen LogP contribution in [-0.2, 0) is 4.79 Å². The Balaban J connectivity index is 2.06. The Morgan fingerprint density at radius 3 is 2.45 bits per heavy atom. The lowest BCUT2D eigenvalue weighted by molar-refractivity contribution is -0.139. The number of alkyl halides is 2. The molecule has 2 rings (SSSR count). The molecule has 0 saturated heterocycles. The Kier molecular flexibility index (Phi) is 4.54. The maximum absolute atomic E-state index is 12.1. The average Bonchev–Trinajstić information content (AvgIpc) is 3.19. The molecule has 1 aromatic rings. The second-order valence-corrected chi connectivity index (χ2v) is 4.92. The van der Waals surface area contributed by atoms with Crippen molar-refractivity contribution in [2.75, 3.05) is 6.54 Å². The van der Waals surface area contributed by atoms with E-state index in [1.54, 1.807) is 12.1 Å². The Bertz CT molecular complexity index is 460. The number of hydrogen-bond donors (Lipinski definition) is 1. The Morgan fingerprint density at radius 1 is 1.40 bits per heavy atom. The van der Waals surface area contributed by atoms with E-state index in [0.717, 1.165) is 18.4 Å². The molecule has 20 heavy (non-hydrogen) atoms. The number of carboxylic acid groups (broad SMARTS) is 1. The van der Waals surface area contributed by atoms with Crippen LogP contribution in [0.15, 0.2) is 24.3 Å². The van der Waals surface area contributed by atoms with Crippen LogP contribution in [0.1, 0.15) is 31.4 Å². The fraction of sp³-hybridized carbons (Fsp3) is 0.500. The van der Waals surface area contributed by atoms with Gasteiger partial charge in [0.05, 0.1) is 6.54 Å². The van der Waals surface area contributed by atoms with Gasteiger partial charge in [0.1, 0.15) is 5.75 Å². The quantitative estimate of drug-likeness (QED) is 0.837. The Hall–Kier alpha value is -1.69. The van der Waals surface area contributed by atoms with Crippen LogP contribution in [0.4, 0.5) is 8.78 Å². The molecule has 0 heterocycles. The van der Waals surface area contributed by atoms with Crippen LogP contribution in [0.25, 0.3) is 0 Å². The summed E-state index contributed by atoms with van der Waals surface area (Å²) in [4.78, 5) is 12.8. The van der Waals surface area contributed by atoms with E-state index >= 15 is 0 Å². The molecule has 1 aromatic carbocycles. The molecule has 0 bridgehead atoms. The van der Waals surface area contributed by atoms with Crippen LogP contribution in [-0.4, -0.2) is 35.2 Å². The van der Waals surface area contributed by atoms with E-state index in [1.165, 1.54) is 12.1 Å². The van der Waals surface area contributed by atoms with Gasteiger partial charge < -0.3 is 9.84 Å². The van der Waals surface area contributed by atoms with Gasteiger partial charge in [0.25, 0.3) is 0 Å². The van der Waals surface area contributed by atoms with Crippen molar-refractivity contribution in [1.82, 2.24) is 4.90 Å². The molecule has 4 nitrogen and oxygen atoms in total. The number of benzene rings is 1. The van der Waals surface area contributed by atoms with Gasteiger partial charge in [-0.15, -0.1) is 0 Å². The first-order valence-electron chi connectivity index (χ1n) is 6.49. The zero-order valence-corrected chi connectivity index (χ0v) is 11.1. The van der Waals surface area contributed by atoms with Gasteiger partial charge in [-0.3, -0.25) is 9.69 Å². The van der Waals surface area contributed by atoms with E-state index in [9.17, 15) is 13.6 Å².